The zero-order chi connectivity index (χ0) is 17.1. The lowest BCUT2D eigenvalue weighted by molar-refractivity contribution is 0.373. The molecule has 1 fully saturated rings. The van der Waals surface area contributed by atoms with Gasteiger partial charge in [-0.15, -0.1) is 0 Å². The van der Waals surface area contributed by atoms with Crippen molar-refractivity contribution in [3.05, 3.63) is 30.6 Å². The molecule has 1 aromatic carbocycles. The van der Waals surface area contributed by atoms with Crippen LogP contribution in [0.15, 0.2) is 30.6 Å². The number of hydrogen-bond acceptors (Lipinski definition) is 6. The number of imidazole rings is 1. The number of anilines is 3. The van der Waals surface area contributed by atoms with Crippen LogP contribution in [0.5, 0.6) is 5.75 Å². The van der Waals surface area contributed by atoms with Crippen LogP contribution in [0.4, 0.5) is 17.5 Å². The van der Waals surface area contributed by atoms with Crippen molar-refractivity contribution in [1.29, 1.82) is 0 Å². The molecule has 0 atom stereocenters. The van der Waals surface area contributed by atoms with E-state index in [1.165, 1.54) is 32.1 Å². The lowest BCUT2D eigenvalue weighted by Crippen LogP contribution is -2.18. The number of phenolic OH excluding ortho intramolecular Hbond substituents is 1. The molecule has 0 unspecified atom stereocenters. The molecular formula is C18H22N6O. The number of aromatic hydroxyl groups is 1. The number of benzene rings is 1. The second-order valence-electron chi connectivity index (χ2n) is 6.55. The number of aromatic nitrogens is 4. The van der Waals surface area contributed by atoms with Gasteiger partial charge in [0.05, 0.1) is 6.33 Å². The molecule has 25 heavy (non-hydrogen) atoms. The Morgan fingerprint density at radius 1 is 1.08 bits per heavy atom. The first kappa shape index (κ1) is 15.7. The highest BCUT2D eigenvalue weighted by molar-refractivity contribution is 5.84. The topological polar surface area (TPSA) is 98.8 Å². The number of nitrogens with one attached hydrogen (secondary N) is 3. The minimum atomic E-state index is 0.226. The molecule has 0 bridgehead atoms. The normalized spacial score (nSPS) is 15.4. The van der Waals surface area contributed by atoms with Gasteiger partial charge >= 0.3 is 0 Å². The van der Waals surface area contributed by atoms with Gasteiger partial charge in [0, 0.05) is 12.2 Å². The van der Waals surface area contributed by atoms with Crippen LogP contribution in [0.1, 0.15) is 32.1 Å². The fourth-order valence-electron chi connectivity index (χ4n) is 3.32. The van der Waals surface area contributed by atoms with Gasteiger partial charge in [-0.2, -0.15) is 9.97 Å². The smallest absolute Gasteiger partial charge is 0.231 e. The maximum absolute atomic E-state index is 9.39. The van der Waals surface area contributed by atoms with Gasteiger partial charge in [0.25, 0.3) is 0 Å². The second kappa shape index (κ2) is 6.96. The molecule has 130 valence electrons. The number of H-pyrrole nitrogens is 1. The molecule has 7 heteroatoms. The molecule has 4 rings (SSSR count). The summed E-state index contributed by atoms with van der Waals surface area (Å²) in [5, 5.41) is 16.0. The Labute approximate surface area is 145 Å². The van der Waals surface area contributed by atoms with Crippen molar-refractivity contribution in [2.45, 2.75) is 32.1 Å². The van der Waals surface area contributed by atoms with Crippen molar-refractivity contribution >= 4 is 28.6 Å². The van der Waals surface area contributed by atoms with Crippen molar-refractivity contribution in [1.82, 2.24) is 19.9 Å². The third kappa shape index (κ3) is 3.65. The Morgan fingerprint density at radius 2 is 1.88 bits per heavy atom. The Bertz CT molecular complexity index is 838. The molecule has 2 aromatic heterocycles. The van der Waals surface area contributed by atoms with Gasteiger partial charge < -0.3 is 20.7 Å². The first-order valence-electron chi connectivity index (χ1n) is 8.79. The zero-order valence-electron chi connectivity index (χ0n) is 14.0. The lowest BCUT2D eigenvalue weighted by Gasteiger charge is -2.22. The fourth-order valence-corrected chi connectivity index (χ4v) is 3.32. The number of nitrogens with zero attached hydrogens (tertiary/aromatic N) is 3. The molecule has 0 radical (unpaired) electrons. The predicted molar refractivity (Wildman–Crippen MR) is 98.1 cm³/mol. The van der Waals surface area contributed by atoms with Crippen LogP contribution in [-0.4, -0.2) is 31.6 Å². The van der Waals surface area contributed by atoms with Crippen molar-refractivity contribution in [2.24, 2.45) is 5.92 Å². The van der Waals surface area contributed by atoms with Crippen molar-refractivity contribution < 1.29 is 5.11 Å². The Hall–Kier alpha value is -2.83. The number of fused-ring (bicyclic) bond motifs is 1. The fraction of sp³-hybridized carbons (Fsp3) is 0.389. The molecule has 1 aliphatic carbocycles. The van der Waals surface area contributed by atoms with E-state index in [0.717, 1.165) is 23.6 Å². The number of rotatable bonds is 5. The average molecular weight is 338 g/mol. The Kier molecular flexibility index (Phi) is 4.37. The summed E-state index contributed by atoms with van der Waals surface area (Å²) in [4.78, 5) is 16.4. The number of hydrogen-bond donors (Lipinski definition) is 4. The van der Waals surface area contributed by atoms with Crippen LogP contribution in [0.3, 0.4) is 0 Å². The molecule has 7 nitrogen and oxygen atoms in total. The summed E-state index contributed by atoms with van der Waals surface area (Å²) in [6.07, 6.45) is 8.20. The highest BCUT2D eigenvalue weighted by atomic mass is 16.3. The van der Waals surface area contributed by atoms with E-state index in [2.05, 4.69) is 30.6 Å². The summed E-state index contributed by atoms with van der Waals surface area (Å²) in [6, 6.07) is 6.81. The van der Waals surface area contributed by atoms with Crippen molar-refractivity contribution in [3.63, 3.8) is 0 Å². The molecule has 0 saturated heterocycles. The summed E-state index contributed by atoms with van der Waals surface area (Å²) >= 11 is 0. The van der Waals surface area contributed by atoms with Crippen LogP contribution in [-0.2, 0) is 0 Å². The van der Waals surface area contributed by atoms with Crippen LogP contribution in [0, 0.1) is 5.92 Å². The Morgan fingerprint density at radius 3 is 2.68 bits per heavy atom. The summed E-state index contributed by atoms with van der Waals surface area (Å²) in [7, 11) is 0. The zero-order valence-corrected chi connectivity index (χ0v) is 14.0. The lowest BCUT2D eigenvalue weighted by atomic mass is 9.89. The van der Waals surface area contributed by atoms with Crippen LogP contribution < -0.4 is 10.6 Å². The first-order chi connectivity index (χ1) is 12.3. The average Bonchev–Trinajstić information content (AvgIpc) is 3.11. The maximum Gasteiger partial charge on any atom is 0.231 e. The molecular weight excluding hydrogens is 316 g/mol. The van der Waals surface area contributed by atoms with Crippen LogP contribution in [0.2, 0.25) is 0 Å². The van der Waals surface area contributed by atoms with E-state index in [9.17, 15) is 5.11 Å². The molecule has 2 heterocycles. The van der Waals surface area contributed by atoms with Crippen LogP contribution in [0.25, 0.3) is 11.2 Å². The molecule has 4 N–H and O–H groups in total. The van der Waals surface area contributed by atoms with E-state index in [-0.39, 0.29) is 5.75 Å². The summed E-state index contributed by atoms with van der Waals surface area (Å²) in [5.74, 6) is 2.19. The molecule has 3 aromatic rings. The van der Waals surface area contributed by atoms with Gasteiger partial charge in [-0.05, 0) is 43.0 Å². The molecule has 1 saturated carbocycles. The summed E-state index contributed by atoms with van der Waals surface area (Å²) < 4.78 is 0. The molecule has 0 spiro atoms. The van der Waals surface area contributed by atoms with E-state index < -0.39 is 0 Å². The van der Waals surface area contributed by atoms with E-state index in [1.54, 1.807) is 30.6 Å². The van der Waals surface area contributed by atoms with Crippen molar-refractivity contribution in [3.8, 4) is 5.75 Å². The first-order valence-corrected chi connectivity index (χ1v) is 8.79. The Balaban J connectivity index is 1.54. The monoisotopic (exact) mass is 338 g/mol. The second-order valence-corrected chi connectivity index (χ2v) is 6.55. The van der Waals surface area contributed by atoms with Gasteiger partial charge in [0.15, 0.2) is 11.5 Å². The standard InChI is InChI=1S/C18H22N6O/c25-14-8-6-13(7-9-14)22-18-23-16(15-17(24-18)21-11-20-15)19-10-12-4-2-1-3-5-12/h6-9,11-12,25H,1-5,10H2,(H3,19,20,21,22,23,24). The van der Waals surface area contributed by atoms with Gasteiger partial charge in [0.2, 0.25) is 5.95 Å². The highest BCUT2D eigenvalue weighted by Crippen LogP contribution is 2.26. The number of phenols is 1. The van der Waals surface area contributed by atoms with E-state index in [1.807, 2.05) is 0 Å². The quantitative estimate of drug-likeness (QED) is 0.528. The van der Waals surface area contributed by atoms with Crippen LogP contribution >= 0.6 is 0 Å². The van der Waals surface area contributed by atoms with E-state index in [4.69, 9.17) is 0 Å². The minimum absolute atomic E-state index is 0.226. The minimum Gasteiger partial charge on any atom is -0.508 e. The maximum atomic E-state index is 9.39. The van der Waals surface area contributed by atoms with Gasteiger partial charge in [-0.1, -0.05) is 19.3 Å². The number of aromatic amines is 1. The summed E-state index contributed by atoms with van der Waals surface area (Å²) in [6.45, 7) is 0.920. The third-order valence-electron chi connectivity index (χ3n) is 4.69. The molecule has 0 amide bonds. The van der Waals surface area contributed by atoms with Crippen molar-refractivity contribution in [2.75, 3.05) is 17.2 Å². The SMILES string of the molecule is Oc1ccc(Nc2nc(NCC3CCCCC3)c3[nH]cnc3n2)cc1. The highest BCUT2D eigenvalue weighted by Gasteiger charge is 2.15. The summed E-state index contributed by atoms with van der Waals surface area (Å²) in [5.41, 5.74) is 2.26. The van der Waals surface area contributed by atoms with E-state index >= 15 is 0 Å². The predicted octanol–water partition coefficient (Wildman–Crippen LogP) is 3.79. The van der Waals surface area contributed by atoms with E-state index in [0.29, 0.717) is 17.5 Å². The molecule has 0 aliphatic heterocycles. The van der Waals surface area contributed by atoms with Gasteiger partial charge in [0.1, 0.15) is 11.3 Å². The van der Waals surface area contributed by atoms with Gasteiger partial charge in [-0.3, -0.25) is 0 Å². The van der Waals surface area contributed by atoms with Gasteiger partial charge in [-0.25, -0.2) is 4.98 Å². The largest absolute Gasteiger partial charge is 0.508 e. The molecule has 1 aliphatic rings. The third-order valence-corrected chi connectivity index (χ3v) is 4.69.